The van der Waals surface area contributed by atoms with Crippen molar-refractivity contribution in [3.8, 4) is 17.2 Å². The Bertz CT molecular complexity index is 614. The van der Waals surface area contributed by atoms with Gasteiger partial charge >= 0.3 is 0 Å². The predicted molar refractivity (Wildman–Crippen MR) is 79.7 cm³/mol. The molecule has 1 aromatic carbocycles. The maximum Gasteiger partial charge on any atom is 0.173 e. The van der Waals surface area contributed by atoms with Crippen LogP contribution < -0.4 is 19.5 Å². The maximum atomic E-state index is 11.4. The minimum absolute atomic E-state index is 0.0772. The molecule has 1 aliphatic rings. The first-order valence-corrected chi connectivity index (χ1v) is 8.14. The van der Waals surface area contributed by atoms with Crippen molar-refractivity contribution in [2.45, 2.75) is 12.6 Å². The van der Waals surface area contributed by atoms with Crippen LogP contribution in [0.2, 0.25) is 0 Å². The fourth-order valence-corrected chi connectivity index (χ4v) is 3.46. The van der Waals surface area contributed by atoms with E-state index in [2.05, 4.69) is 5.32 Å². The fraction of sp³-hybridized carbons (Fsp3) is 0.429. The average Bonchev–Trinajstić information content (AvgIpc) is 2.83. The Kier molecular flexibility index (Phi) is 4.74. The highest BCUT2D eigenvalue weighted by Gasteiger charge is 2.22. The van der Waals surface area contributed by atoms with Gasteiger partial charge in [0, 0.05) is 30.1 Å². The largest absolute Gasteiger partial charge is 0.496 e. The second-order valence-electron chi connectivity index (χ2n) is 4.66. The number of sulfone groups is 1. The van der Waals surface area contributed by atoms with Crippen LogP contribution >= 0.6 is 0 Å². The van der Waals surface area contributed by atoms with Gasteiger partial charge in [0.15, 0.2) is 9.84 Å². The normalized spacial score (nSPS) is 19.5. The molecule has 1 aromatic rings. The number of rotatable bonds is 6. The molecule has 0 fully saturated rings. The summed E-state index contributed by atoms with van der Waals surface area (Å²) in [6.45, 7) is 0.431. The van der Waals surface area contributed by atoms with Crippen molar-refractivity contribution < 1.29 is 22.6 Å². The number of hydrogen-bond acceptors (Lipinski definition) is 6. The first-order valence-electron chi connectivity index (χ1n) is 6.42. The molecular weight excluding hydrogens is 294 g/mol. The van der Waals surface area contributed by atoms with Gasteiger partial charge in [-0.2, -0.15) is 0 Å². The van der Waals surface area contributed by atoms with Gasteiger partial charge in [0.1, 0.15) is 17.2 Å². The summed E-state index contributed by atoms with van der Waals surface area (Å²) >= 11 is 0. The van der Waals surface area contributed by atoms with Crippen LogP contribution in [0.5, 0.6) is 17.2 Å². The van der Waals surface area contributed by atoms with Gasteiger partial charge in [-0.05, 0) is 0 Å². The minimum Gasteiger partial charge on any atom is -0.496 e. The third-order valence-electron chi connectivity index (χ3n) is 3.29. The van der Waals surface area contributed by atoms with Gasteiger partial charge in [0.25, 0.3) is 0 Å². The van der Waals surface area contributed by atoms with E-state index < -0.39 is 9.84 Å². The monoisotopic (exact) mass is 313 g/mol. The molecule has 6 nitrogen and oxygen atoms in total. The van der Waals surface area contributed by atoms with Crippen LogP contribution in [0.15, 0.2) is 23.6 Å². The molecule has 0 amide bonds. The van der Waals surface area contributed by atoms with E-state index in [9.17, 15) is 8.42 Å². The van der Waals surface area contributed by atoms with E-state index in [1.54, 1.807) is 39.5 Å². The Morgan fingerprint density at radius 2 is 1.76 bits per heavy atom. The summed E-state index contributed by atoms with van der Waals surface area (Å²) in [6, 6.07) is 3.33. The highest BCUT2D eigenvalue weighted by atomic mass is 32.2. The first kappa shape index (κ1) is 15.7. The summed E-state index contributed by atoms with van der Waals surface area (Å²) in [5, 5.41) is 4.42. The second-order valence-corrected chi connectivity index (χ2v) is 6.59. The molecule has 0 aromatic heterocycles. The number of benzene rings is 1. The molecule has 0 aliphatic carbocycles. The van der Waals surface area contributed by atoms with Gasteiger partial charge in [-0.25, -0.2) is 8.42 Å². The van der Waals surface area contributed by atoms with Gasteiger partial charge in [-0.1, -0.05) is 6.08 Å². The topological polar surface area (TPSA) is 73.9 Å². The Hall–Kier alpha value is -1.73. The molecule has 1 aliphatic heterocycles. The molecule has 0 saturated carbocycles. The minimum atomic E-state index is -3.07. The van der Waals surface area contributed by atoms with Crippen molar-refractivity contribution in [3.05, 3.63) is 29.2 Å². The van der Waals surface area contributed by atoms with Gasteiger partial charge in [-0.3, -0.25) is 0 Å². The van der Waals surface area contributed by atoms with E-state index in [0.29, 0.717) is 23.8 Å². The molecule has 1 unspecified atom stereocenters. The molecule has 7 heteroatoms. The van der Waals surface area contributed by atoms with Crippen LogP contribution in [0.25, 0.3) is 0 Å². The number of nitrogens with one attached hydrogen (secondary N) is 1. The van der Waals surface area contributed by atoms with Crippen molar-refractivity contribution in [2.24, 2.45) is 0 Å². The lowest BCUT2D eigenvalue weighted by molar-refractivity contribution is 0.366. The van der Waals surface area contributed by atoms with Gasteiger partial charge in [0.05, 0.1) is 32.6 Å². The van der Waals surface area contributed by atoms with Crippen molar-refractivity contribution in [3.63, 3.8) is 0 Å². The van der Waals surface area contributed by atoms with Gasteiger partial charge < -0.3 is 19.5 Å². The first-order chi connectivity index (χ1) is 9.99. The van der Waals surface area contributed by atoms with E-state index in [-0.39, 0.29) is 11.8 Å². The lowest BCUT2D eigenvalue weighted by Crippen LogP contribution is -2.29. The van der Waals surface area contributed by atoms with E-state index in [4.69, 9.17) is 14.2 Å². The SMILES string of the molecule is COc1cc(OC)c(CNC2C=CS(=O)(=O)C2)c(OC)c1. The molecule has 2 rings (SSSR count). The summed E-state index contributed by atoms with van der Waals surface area (Å²) in [4.78, 5) is 0. The zero-order chi connectivity index (χ0) is 15.5. The summed E-state index contributed by atoms with van der Waals surface area (Å²) in [7, 11) is 1.64. The molecular formula is C14H19NO5S. The van der Waals surface area contributed by atoms with Crippen molar-refractivity contribution >= 4 is 9.84 Å². The van der Waals surface area contributed by atoms with Gasteiger partial charge in [-0.15, -0.1) is 0 Å². The van der Waals surface area contributed by atoms with Crippen LogP contribution in [0, 0.1) is 0 Å². The summed E-state index contributed by atoms with van der Waals surface area (Å²) in [5.74, 6) is 1.97. The van der Waals surface area contributed by atoms with Crippen LogP contribution in [-0.4, -0.2) is 41.5 Å². The number of hydrogen-bond donors (Lipinski definition) is 1. The Balaban J connectivity index is 2.17. The van der Waals surface area contributed by atoms with Crippen molar-refractivity contribution in [1.29, 1.82) is 0 Å². The van der Waals surface area contributed by atoms with E-state index in [0.717, 1.165) is 5.56 Å². The van der Waals surface area contributed by atoms with Crippen LogP contribution in [0.4, 0.5) is 0 Å². The quantitative estimate of drug-likeness (QED) is 0.848. The Morgan fingerprint density at radius 1 is 1.14 bits per heavy atom. The summed E-state index contributed by atoms with van der Waals surface area (Å²) < 4.78 is 38.7. The smallest absolute Gasteiger partial charge is 0.173 e. The van der Waals surface area contributed by atoms with E-state index in [1.807, 2.05) is 0 Å². The predicted octanol–water partition coefficient (Wildman–Crippen LogP) is 1.11. The number of methoxy groups -OCH3 is 3. The van der Waals surface area contributed by atoms with Crippen molar-refractivity contribution in [2.75, 3.05) is 27.1 Å². The molecule has 0 radical (unpaired) electrons. The lowest BCUT2D eigenvalue weighted by atomic mass is 10.1. The zero-order valence-electron chi connectivity index (χ0n) is 12.3. The zero-order valence-corrected chi connectivity index (χ0v) is 13.1. The summed E-state index contributed by atoms with van der Waals surface area (Å²) in [6.07, 6.45) is 1.65. The third kappa shape index (κ3) is 3.68. The highest BCUT2D eigenvalue weighted by Crippen LogP contribution is 2.34. The Labute approximate surface area is 124 Å². The highest BCUT2D eigenvalue weighted by molar-refractivity contribution is 7.94. The standard InChI is InChI=1S/C14H19NO5S/c1-18-11-6-13(19-2)12(14(7-11)20-3)8-15-10-4-5-21(16,17)9-10/h4-7,10,15H,8-9H2,1-3H3. The second kappa shape index (κ2) is 6.36. The maximum absolute atomic E-state index is 11.4. The molecule has 0 bridgehead atoms. The summed E-state index contributed by atoms with van der Waals surface area (Å²) in [5.41, 5.74) is 0.818. The van der Waals surface area contributed by atoms with E-state index >= 15 is 0 Å². The lowest BCUT2D eigenvalue weighted by Gasteiger charge is -2.17. The molecule has 1 atom stereocenters. The van der Waals surface area contributed by atoms with Crippen LogP contribution in [0.3, 0.4) is 0 Å². The Morgan fingerprint density at radius 3 is 2.19 bits per heavy atom. The molecule has 1 heterocycles. The number of ether oxygens (including phenoxy) is 3. The van der Waals surface area contributed by atoms with Crippen molar-refractivity contribution in [1.82, 2.24) is 5.32 Å². The molecule has 1 N–H and O–H groups in total. The van der Waals surface area contributed by atoms with Crippen LogP contribution in [-0.2, 0) is 16.4 Å². The van der Waals surface area contributed by atoms with Crippen LogP contribution in [0.1, 0.15) is 5.56 Å². The molecule has 0 saturated heterocycles. The van der Waals surface area contributed by atoms with Gasteiger partial charge in [0.2, 0.25) is 0 Å². The van der Waals surface area contributed by atoms with E-state index in [1.165, 1.54) is 5.41 Å². The molecule has 21 heavy (non-hydrogen) atoms. The third-order valence-corrected chi connectivity index (χ3v) is 4.68. The molecule has 0 spiro atoms. The fourth-order valence-electron chi connectivity index (χ4n) is 2.19. The molecule has 116 valence electrons. The average molecular weight is 313 g/mol.